The van der Waals surface area contributed by atoms with Crippen LogP contribution in [0, 0.1) is 22.0 Å². The van der Waals surface area contributed by atoms with E-state index in [4.69, 9.17) is 0 Å². The zero-order chi connectivity index (χ0) is 17.7. The Hall–Kier alpha value is -2.86. The van der Waals surface area contributed by atoms with E-state index in [-0.39, 0.29) is 22.0 Å². The van der Waals surface area contributed by atoms with Gasteiger partial charge in [0.25, 0.3) is 5.91 Å². The van der Waals surface area contributed by atoms with Crippen molar-refractivity contribution in [3.63, 3.8) is 0 Å². The Morgan fingerprint density at radius 2 is 2.04 bits per heavy atom. The molecule has 1 aromatic heterocycles. The van der Waals surface area contributed by atoms with Crippen LogP contribution in [0.1, 0.15) is 20.8 Å². The quantitative estimate of drug-likeness (QED) is 0.521. The molecule has 0 bridgehead atoms. The number of nitro groups is 1. The van der Waals surface area contributed by atoms with Gasteiger partial charge in [-0.2, -0.15) is 13.2 Å². The highest BCUT2D eigenvalue weighted by atomic mass is 32.1. The minimum Gasteiger partial charge on any atom is -0.340 e. The van der Waals surface area contributed by atoms with Crippen LogP contribution in [0.25, 0.3) is 0 Å². The molecule has 0 fully saturated rings. The summed E-state index contributed by atoms with van der Waals surface area (Å²) in [5.74, 6) is 4.51. The molecule has 9 heteroatoms. The molecule has 0 spiro atoms. The second kappa shape index (κ2) is 7.14. The lowest BCUT2D eigenvalue weighted by Gasteiger charge is -2.05. The summed E-state index contributed by atoms with van der Waals surface area (Å²) in [6.45, 7) is -0.0965. The lowest BCUT2D eigenvalue weighted by molar-refractivity contribution is -0.380. The fraction of sp³-hybridized carbons (Fsp3) is 0.133. The maximum Gasteiger partial charge on any atom is 0.416 e. The Morgan fingerprint density at radius 3 is 2.67 bits per heavy atom. The number of nitrogens with one attached hydrogen (secondary N) is 1. The molecule has 0 aliphatic rings. The first-order chi connectivity index (χ1) is 11.3. The SMILES string of the molecule is O=C(NCC#Cc1cccc(C(F)(F)F)c1)c1ccc([N+](=O)[O-])s1. The van der Waals surface area contributed by atoms with E-state index in [0.717, 1.165) is 23.5 Å². The van der Waals surface area contributed by atoms with Gasteiger partial charge in [0.1, 0.15) is 0 Å². The fourth-order valence-corrected chi connectivity index (χ4v) is 2.42. The van der Waals surface area contributed by atoms with Gasteiger partial charge in [-0.25, -0.2) is 0 Å². The van der Waals surface area contributed by atoms with Crippen LogP contribution in [-0.2, 0) is 6.18 Å². The molecule has 0 saturated heterocycles. The number of nitrogens with zero attached hydrogens (tertiary/aromatic N) is 1. The Kier molecular flexibility index (Phi) is 5.21. The van der Waals surface area contributed by atoms with E-state index < -0.39 is 22.6 Å². The van der Waals surface area contributed by atoms with Gasteiger partial charge < -0.3 is 5.32 Å². The zero-order valence-corrected chi connectivity index (χ0v) is 12.7. The minimum atomic E-state index is -4.44. The second-order valence-electron chi connectivity index (χ2n) is 4.46. The minimum absolute atomic E-state index is 0.0965. The molecule has 1 N–H and O–H groups in total. The van der Waals surface area contributed by atoms with Crippen molar-refractivity contribution >= 4 is 22.2 Å². The Labute approximate surface area is 138 Å². The van der Waals surface area contributed by atoms with Crippen molar-refractivity contribution in [3.05, 3.63) is 62.5 Å². The van der Waals surface area contributed by atoms with Crippen molar-refractivity contribution in [2.75, 3.05) is 6.54 Å². The number of amides is 1. The summed E-state index contributed by atoms with van der Waals surface area (Å²) in [7, 11) is 0. The smallest absolute Gasteiger partial charge is 0.340 e. The number of halogens is 3. The maximum atomic E-state index is 12.6. The molecule has 2 aromatic rings. The Bertz CT molecular complexity index is 834. The van der Waals surface area contributed by atoms with Gasteiger partial charge in [0.05, 0.1) is 21.9 Å². The third kappa shape index (κ3) is 4.57. The van der Waals surface area contributed by atoms with Gasteiger partial charge in [0.2, 0.25) is 0 Å². The number of hydrogen-bond acceptors (Lipinski definition) is 4. The Morgan fingerprint density at radius 1 is 1.29 bits per heavy atom. The van der Waals surface area contributed by atoms with Crippen LogP contribution in [-0.4, -0.2) is 17.4 Å². The van der Waals surface area contributed by atoms with Crippen molar-refractivity contribution in [1.82, 2.24) is 5.32 Å². The predicted molar refractivity (Wildman–Crippen MR) is 81.6 cm³/mol. The highest BCUT2D eigenvalue weighted by molar-refractivity contribution is 7.17. The largest absolute Gasteiger partial charge is 0.416 e. The molecular weight excluding hydrogens is 345 g/mol. The number of carbonyl (C=O) groups excluding carboxylic acids is 1. The molecule has 2 rings (SSSR count). The van der Waals surface area contributed by atoms with E-state index >= 15 is 0 Å². The number of hydrogen-bond donors (Lipinski definition) is 1. The topological polar surface area (TPSA) is 72.2 Å². The van der Waals surface area contributed by atoms with Crippen LogP contribution in [0.4, 0.5) is 18.2 Å². The zero-order valence-electron chi connectivity index (χ0n) is 11.9. The number of rotatable bonds is 3. The second-order valence-corrected chi connectivity index (χ2v) is 5.52. The van der Waals surface area contributed by atoms with Crippen molar-refractivity contribution in [2.45, 2.75) is 6.18 Å². The third-order valence-electron chi connectivity index (χ3n) is 2.76. The molecule has 1 aromatic carbocycles. The average Bonchev–Trinajstić information content (AvgIpc) is 3.01. The van der Waals surface area contributed by atoms with Gasteiger partial charge in [0.15, 0.2) is 0 Å². The van der Waals surface area contributed by atoms with Gasteiger partial charge in [-0.3, -0.25) is 14.9 Å². The maximum absolute atomic E-state index is 12.6. The van der Waals surface area contributed by atoms with E-state index in [1.54, 1.807) is 0 Å². The molecule has 124 valence electrons. The van der Waals surface area contributed by atoms with Crippen LogP contribution in [0.15, 0.2) is 36.4 Å². The number of benzene rings is 1. The molecule has 1 heterocycles. The number of thiophene rings is 1. The highest BCUT2D eigenvalue weighted by Gasteiger charge is 2.30. The van der Waals surface area contributed by atoms with Crippen molar-refractivity contribution in [1.29, 1.82) is 0 Å². The molecule has 24 heavy (non-hydrogen) atoms. The first-order valence-corrected chi connectivity index (χ1v) is 7.27. The lowest BCUT2D eigenvalue weighted by atomic mass is 10.1. The predicted octanol–water partition coefficient (Wildman–Crippen LogP) is 3.46. The summed E-state index contributed by atoms with van der Waals surface area (Å²) < 4.78 is 37.7. The molecule has 0 atom stereocenters. The fourth-order valence-electron chi connectivity index (χ4n) is 1.68. The van der Waals surface area contributed by atoms with Gasteiger partial charge >= 0.3 is 11.2 Å². The molecule has 0 saturated carbocycles. The molecular formula is C15H9F3N2O3S. The van der Waals surface area contributed by atoms with Gasteiger partial charge in [-0.15, -0.1) is 0 Å². The highest BCUT2D eigenvalue weighted by Crippen LogP contribution is 2.29. The van der Waals surface area contributed by atoms with Crippen LogP contribution >= 0.6 is 11.3 Å². The summed E-state index contributed by atoms with van der Waals surface area (Å²) in [6.07, 6.45) is -4.44. The summed E-state index contributed by atoms with van der Waals surface area (Å²) in [6, 6.07) is 7.06. The normalized spacial score (nSPS) is 10.6. The van der Waals surface area contributed by atoms with Crippen LogP contribution in [0.3, 0.4) is 0 Å². The van der Waals surface area contributed by atoms with Gasteiger partial charge in [-0.1, -0.05) is 29.2 Å². The van der Waals surface area contributed by atoms with Crippen molar-refractivity contribution in [2.24, 2.45) is 0 Å². The summed E-state index contributed by atoms with van der Waals surface area (Å²) in [5.41, 5.74) is -0.630. The van der Waals surface area contributed by atoms with Crippen LogP contribution < -0.4 is 5.32 Å². The van der Waals surface area contributed by atoms with E-state index in [0.29, 0.717) is 0 Å². The Balaban J connectivity index is 1.96. The lowest BCUT2D eigenvalue weighted by Crippen LogP contribution is -2.22. The molecule has 1 amide bonds. The van der Waals surface area contributed by atoms with E-state index in [9.17, 15) is 28.1 Å². The first-order valence-electron chi connectivity index (χ1n) is 6.46. The van der Waals surface area contributed by atoms with E-state index in [1.807, 2.05) is 0 Å². The van der Waals surface area contributed by atoms with E-state index in [2.05, 4.69) is 17.2 Å². The van der Waals surface area contributed by atoms with E-state index in [1.165, 1.54) is 24.3 Å². The number of alkyl halides is 3. The van der Waals surface area contributed by atoms with Gasteiger partial charge in [0, 0.05) is 11.6 Å². The van der Waals surface area contributed by atoms with Gasteiger partial charge in [-0.05, 0) is 24.3 Å². The van der Waals surface area contributed by atoms with Crippen LogP contribution in [0.5, 0.6) is 0 Å². The monoisotopic (exact) mass is 354 g/mol. The van der Waals surface area contributed by atoms with Crippen molar-refractivity contribution in [3.8, 4) is 11.8 Å². The summed E-state index contributed by atoms with van der Waals surface area (Å²) in [5, 5.41) is 12.8. The standard InChI is InChI=1S/C15H9F3N2O3S/c16-15(17,18)11-5-1-3-10(9-11)4-2-8-19-14(21)12-6-7-13(24-12)20(22)23/h1,3,5-7,9H,8H2,(H,19,21). The van der Waals surface area contributed by atoms with Crippen LogP contribution in [0.2, 0.25) is 0 Å². The van der Waals surface area contributed by atoms with Crippen molar-refractivity contribution < 1.29 is 22.9 Å². The molecule has 0 radical (unpaired) electrons. The molecule has 0 aliphatic heterocycles. The molecule has 0 aliphatic carbocycles. The molecule has 0 unspecified atom stereocenters. The molecule has 5 nitrogen and oxygen atoms in total. The average molecular weight is 354 g/mol. The first kappa shape index (κ1) is 17.5. The number of carbonyl (C=O) groups is 1. The summed E-state index contributed by atoms with van der Waals surface area (Å²) in [4.78, 5) is 21.8. The third-order valence-corrected chi connectivity index (χ3v) is 3.79. The summed E-state index contributed by atoms with van der Waals surface area (Å²) >= 11 is 0.724.